The van der Waals surface area contributed by atoms with Crippen LogP contribution in [0.2, 0.25) is 0 Å². The standard InChI is InChI=1S/C30H36F2N/c1-6-9-10-11-20-18-22-25-21(27(20)32)15-17-33-28(25)24-19(14-16-30(33,7-2)8-3)12-13-23(31)26(24)29(22,4)5/h12-13,15,17-18H,6-11,14,16H2,1-5H3/q+1. The van der Waals surface area contributed by atoms with Crippen molar-refractivity contribution >= 4 is 10.8 Å². The van der Waals surface area contributed by atoms with Crippen LogP contribution in [-0.4, -0.2) is 0 Å². The number of benzene rings is 2. The third-order valence-electron chi connectivity index (χ3n) is 8.76. The van der Waals surface area contributed by atoms with Crippen LogP contribution < -0.4 is 4.57 Å². The number of rotatable bonds is 6. The Kier molecular flexibility index (Phi) is 5.38. The van der Waals surface area contributed by atoms with E-state index < -0.39 is 5.41 Å². The van der Waals surface area contributed by atoms with Gasteiger partial charge in [0.05, 0.1) is 10.9 Å². The first-order chi connectivity index (χ1) is 15.8. The Morgan fingerprint density at radius 2 is 1.76 bits per heavy atom. The van der Waals surface area contributed by atoms with Crippen molar-refractivity contribution in [3.05, 3.63) is 64.4 Å². The van der Waals surface area contributed by atoms with E-state index in [4.69, 9.17) is 0 Å². The lowest BCUT2D eigenvalue weighted by atomic mass is 9.67. The number of unbranched alkanes of at least 4 members (excludes halogenated alkanes) is 2. The van der Waals surface area contributed by atoms with Crippen LogP contribution in [0.4, 0.5) is 8.78 Å². The number of halogens is 2. The molecule has 2 aliphatic rings. The summed E-state index contributed by atoms with van der Waals surface area (Å²) >= 11 is 0. The Hall–Kier alpha value is -2.29. The highest BCUT2D eigenvalue weighted by atomic mass is 19.1. The lowest BCUT2D eigenvalue weighted by Crippen LogP contribution is -2.57. The highest BCUT2D eigenvalue weighted by Crippen LogP contribution is 2.52. The molecule has 0 fully saturated rings. The van der Waals surface area contributed by atoms with Gasteiger partial charge in [0.25, 0.3) is 0 Å². The monoisotopic (exact) mass is 448 g/mol. The molecule has 0 N–H and O–H groups in total. The van der Waals surface area contributed by atoms with E-state index in [1.54, 1.807) is 6.07 Å². The van der Waals surface area contributed by atoms with Crippen molar-refractivity contribution in [2.75, 3.05) is 0 Å². The Morgan fingerprint density at radius 3 is 2.45 bits per heavy atom. The number of pyridine rings is 1. The Balaban J connectivity index is 1.95. The van der Waals surface area contributed by atoms with Gasteiger partial charge in [0.1, 0.15) is 11.6 Å². The second-order valence-corrected chi connectivity index (χ2v) is 10.7. The zero-order valence-corrected chi connectivity index (χ0v) is 20.7. The summed E-state index contributed by atoms with van der Waals surface area (Å²) in [4.78, 5) is 0. The number of nitrogens with zero attached hydrogens (tertiary/aromatic N) is 1. The van der Waals surface area contributed by atoms with Crippen LogP contribution in [0.3, 0.4) is 0 Å². The van der Waals surface area contributed by atoms with Crippen LogP contribution in [0.25, 0.3) is 22.0 Å². The van der Waals surface area contributed by atoms with Crippen LogP contribution in [0, 0.1) is 11.6 Å². The number of hydrogen-bond donors (Lipinski definition) is 0. The smallest absolute Gasteiger partial charge is 0.207 e. The third kappa shape index (κ3) is 3.03. The Bertz CT molecular complexity index is 1250. The molecule has 0 radical (unpaired) electrons. The van der Waals surface area contributed by atoms with Gasteiger partial charge in [0.15, 0.2) is 11.7 Å². The average molecular weight is 449 g/mol. The highest BCUT2D eigenvalue weighted by molar-refractivity contribution is 6.01. The van der Waals surface area contributed by atoms with Gasteiger partial charge in [0.2, 0.25) is 5.69 Å². The van der Waals surface area contributed by atoms with Crippen molar-refractivity contribution in [2.24, 2.45) is 0 Å². The molecule has 2 heterocycles. The van der Waals surface area contributed by atoms with Crippen LogP contribution >= 0.6 is 0 Å². The second-order valence-electron chi connectivity index (χ2n) is 10.7. The van der Waals surface area contributed by atoms with Crippen molar-refractivity contribution < 1.29 is 13.3 Å². The van der Waals surface area contributed by atoms with E-state index in [-0.39, 0.29) is 17.2 Å². The van der Waals surface area contributed by atoms with Gasteiger partial charge in [-0.05, 0) is 42.0 Å². The van der Waals surface area contributed by atoms with Gasteiger partial charge in [-0.25, -0.2) is 8.78 Å². The van der Waals surface area contributed by atoms with Crippen molar-refractivity contribution in [3.8, 4) is 11.3 Å². The Labute approximate surface area is 196 Å². The predicted octanol–water partition coefficient (Wildman–Crippen LogP) is 7.91. The first-order valence-corrected chi connectivity index (χ1v) is 12.8. The topological polar surface area (TPSA) is 3.88 Å². The van der Waals surface area contributed by atoms with Crippen molar-refractivity contribution in [1.82, 2.24) is 0 Å². The number of hydrogen-bond acceptors (Lipinski definition) is 0. The van der Waals surface area contributed by atoms with Gasteiger partial charge in [0, 0.05) is 41.7 Å². The van der Waals surface area contributed by atoms with E-state index >= 15 is 8.78 Å². The van der Waals surface area contributed by atoms with Gasteiger partial charge in [-0.1, -0.05) is 59.6 Å². The minimum absolute atomic E-state index is 0.0503. The molecule has 0 saturated heterocycles. The molecule has 0 amide bonds. The molecule has 1 nitrogen and oxygen atoms in total. The molecule has 3 heteroatoms. The summed E-state index contributed by atoms with van der Waals surface area (Å²) in [6, 6.07) is 7.68. The predicted molar refractivity (Wildman–Crippen MR) is 132 cm³/mol. The fourth-order valence-electron chi connectivity index (χ4n) is 6.65. The molecular weight excluding hydrogens is 412 g/mol. The summed E-state index contributed by atoms with van der Waals surface area (Å²) in [6.07, 6.45) is 9.90. The molecule has 1 aromatic heterocycles. The largest absolute Gasteiger partial charge is 0.221 e. The molecule has 0 saturated carbocycles. The molecule has 174 valence electrons. The SMILES string of the molecule is CCCCCc1cc2c3c4[n+](ccc3c1F)C(CC)(CC)CCc1ccc(F)c(c1-4)C2(C)C. The number of aryl methyl sites for hydroxylation is 2. The molecule has 0 bridgehead atoms. The summed E-state index contributed by atoms with van der Waals surface area (Å²) in [5.41, 5.74) is 5.29. The molecule has 0 unspecified atom stereocenters. The molecule has 1 aliphatic carbocycles. The van der Waals surface area contributed by atoms with Gasteiger partial charge >= 0.3 is 0 Å². The first kappa shape index (κ1) is 22.5. The van der Waals surface area contributed by atoms with E-state index in [0.29, 0.717) is 5.39 Å². The zero-order valence-electron chi connectivity index (χ0n) is 20.7. The third-order valence-corrected chi connectivity index (χ3v) is 8.76. The maximum atomic E-state index is 15.9. The van der Waals surface area contributed by atoms with Gasteiger partial charge < -0.3 is 0 Å². The zero-order chi connectivity index (χ0) is 23.5. The van der Waals surface area contributed by atoms with Gasteiger partial charge in [-0.2, -0.15) is 4.57 Å². The highest BCUT2D eigenvalue weighted by Gasteiger charge is 2.48. The normalized spacial score (nSPS) is 17.3. The molecule has 0 atom stereocenters. The van der Waals surface area contributed by atoms with Crippen LogP contribution in [0.15, 0.2) is 30.5 Å². The average Bonchev–Trinajstić information content (AvgIpc) is 2.94. The molecule has 2 aromatic carbocycles. The van der Waals surface area contributed by atoms with Crippen LogP contribution in [0.1, 0.15) is 95.4 Å². The molecule has 5 rings (SSSR count). The summed E-state index contributed by atoms with van der Waals surface area (Å²) < 4.78 is 34.0. The van der Waals surface area contributed by atoms with Crippen LogP contribution in [-0.2, 0) is 23.8 Å². The van der Waals surface area contributed by atoms with Crippen molar-refractivity contribution in [3.63, 3.8) is 0 Å². The van der Waals surface area contributed by atoms with Crippen LogP contribution in [0.5, 0.6) is 0 Å². The minimum atomic E-state index is -0.529. The second kappa shape index (κ2) is 7.89. The molecule has 3 aromatic rings. The quantitative estimate of drug-likeness (QED) is 0.266. The fourth-order valence-corrected chi connectivity index (χ4v) is 6.65. The van der Waals surface area contributed by atoms with Crippen molar-refractivity contribution in [2.45, 2.75) is 96.9 Å². The number of aromatic nitrogens is 1. The summed E-state index contributed by atoms with van der Waals surface area (Å²) in [7, 11) is 0. The lowest BCUT2D eigenvalue weighted by molar-refractivity contribution is -0.756. The fraction of sp³-hybridized carbons (Fsp3) is 0.500. The molecule has 0 spiro atoms. The minimum Gasteiger partial charge on any atom is -0.207 e. The van der Waals surface area contributed by atoms with Gasteiger partial charge in [-0.3, -0.25) is 0 Å². The van der Waals surface area contributed by atoms with E-state index in [9.17, 15) is 0 Å². The van der Waals surface area contributed by atoms with E-state index in [1.165, 1.54) is 5.56 Å². The Morgan fingerprint density at radius 1 is 1.00 bits per heavy atom. The van der Waals surface area contributed by atoms with E-state index in [2.05, 4.69) is 51.4 Å². The summed E-state index contributed by atoms with van der Waals surface area (Å²) in [5.74, 6) is -0.237. The molecule has 1 aliphatic heterocycles. The lowest BCUT2D eigenvalue weighted by Gasteiger charge is -2.36. The molecule has 33 heavy (non-hydrogen) atoms. The van der Waals surface area contributed by atoms with Crippen molar-refractivity contribution in [1.29, 1.82) is 0 Å². The van der Waals surface area contributed by atoms with E-state index in [0.717, 1.165) is 84.7 Å². The maximum Gasteiger partial charge on any atom is 0.221 e. The first-order valence-electron chi connectivity index (χ1n) is 12.8. The van der Waals surface area contributed by atoms with E-state index in [1.807, 2.05) is 12.1 Å². The summed E-state index contributed by atoms with van der Waals surface area (Å²) in [5, 5.41) is 1.69. The maximum absolute atomic E-state index is 15.9. The van der Waals surface area contributed by atoms with Gasteiger partial charge in [-0.15, -0.1) is 0 Å². The molecular formula is C30H36F2N+. The summed E-state index contributed by atoms with van der Waals surface area (Å²) in [6.45, 7) is 10.9.